The van der Waals surface area contributed by atoms with Crippen molar-refractivity contribution in [2.75, 3.05) is 6.61 Å². The number of carbonyl (C=O) groups is 1. The van der Waals surface area contributed by atoms with Crippen LogP contribution in [0.1, 0.15) is 23.3 Å². The average Bonchev–Trinajstić information content (AvgIpc) is 2.53. The van der Waals surface area contributed by atoms with Gasteiger partial charge in [-0.3, -0.25) is 9.00 Å². The molecule has 0 aliphatic carbocycles. The van der Waals surface area contributed by atoms with E-state index in [4.69, 9.17) is 10.5 Å². The molecule has 6 heteroatoms. The zero-order chi connectivity index (χ0) is 16.8. The quantitative estimate of drug-likeness (QED) is 0.846. The number of ether oxygens (including phenoxy) is 1. The molecule has 2 N–H and O–H groups in total. The minimum atomic E-state index is -1.29. The van der Waals surface area contributed by atoms with E-state index in [9.17, 15) is 13.4 Å². The smallest absolute Gasteiger partial charge is 0.255 e. The van der Waals surface area contributed by atoms with E-state index in [2.05, 4.69) is 0 Å². The van der Waals surface area contributed by atoms with Crippen LogP contribution in [-0.4, -0.2) is 16.7 Å². The first-order valence-electron chi connectivity index (χ1n) is 7.09. The number of hydrogen-bond donors (Lipinski definition) is 1. The highest BCUT2D eigenvalue weighted by atomic mass is 32.2. The van der Waals surface area contributed by atoms with Crippen molar-refractivity contribution in [3.05, 3.63) is 65.5 Å². The van der Waals surface area contributed by atoms with Crippen molar-refractivity contribution in [2.24, 2.45) is 5.73 Å². The van der Waals surface area contributed by atoms with Crippen LogP contribution in [0, 0.1) is 5.82 Å². The third-order valence-corrected chi connectivity index (χ3v) is 4.99. The summed E-state index contributed by atoms with van der Waals surface area (Å²) in [6, 6.07) is 13.3. The lowest BCUT2D eigenvalue weighted by Gasteiger charge is -2.13. The number of hydrogen-bond acceptors (Lipinski definition) is 3. The lowest BCUT2D eigenvalue weighted by Crippen LogP contribution is -2.20. The molecule has 2 aromatic carbocycles. The van der Waals surface area contributed by atoms with Crippen LogP contribution in [-0.2, 0) is 21.3 Å². The Hall–Kier alpha value is -2.21. The molecular formula is C17H18FNO3S. The van der Waals surface area contributed by atoms with E-state index in [1.165, 1.54) is 6.07 Å². The molecule has 2 atom stereocenters. The topological polar surface area (TPSA) is 69.4 Å². The standard InChI is InChI=1S/C17H18FNO3S/c1-12(15-7-2-3-8-16(15)18)23(21)11-13-5-4-6-14(9-13)22-10-17(19)20/h2-9,12H,10-11H2,1H3,(H2,19,20)/t12-,23-/m1/s1. The normalized spacial score (nSPS) is 13.3. The highest BCUT2D eigenvalue weighted by molar-refractivity contribution is 7.84. The van der Waals surface area contributed by atoms with Gasteiger partial charge in [0.15, 0.2) is 6.61 Å². The first kappa shape index (κ1) is 17.1. The minimum Gasteiger partial charge on any atom is -0.484 e. The Labute approximate surface area is 136 Å². The highest BCUT2D eigenvalue weighted by Gasteiger charge is 2.17. The number of primary amides is 1. The fourth-order valence-corrected chi connectivity index (χ4v) is 3.35. The Bertz CT molecular complexity index is 720. The van der Waals surface area contributed by atoms with Crippen LogP contribution in [0.4, 0.5) is 4.39 Å². The van der Waals surface area contributed by atoms with Crippen LogP contribution in [0.15, 0.2) is 48.5 Å². The van der Waals surface area contributed by atoms with E-state index in [-0.39, 0.29) is 18.2 Å². The van der Waals surface area contributed by atoms with Gasteiger partial charge in [-0.05, 0) is 30.7 Å². The van der Waals surface area contributed by atoms with E-state index >= 15 is 0 Å². The fraction of sp³-hybridized carbons (Fsp3) is 0.235. The van der Waals surface area contributed by atoms with Gasteiger partial charge in [-0.25, -0.2) is 4.39 Å². The molecule has 23 heavy (non-hydrogen) atoms. The van der Waals surface area contributed by atoms with Gasteiger partial charge in [-0.15, -0.1) is 0 Å². The molecule has 0 saturated heterocycles. The maximum Gasteiger partial charge on any atom is 0.255 e. The summed E-state index contributed by atoms with van der Waals surface area (Å²) < 4.78 is 31.5. The minimum absolute atomic E-state index is 0.210. The maximum absolute atomic E-state index is 13.8. The number of halogens is 1. The predicted molar refractivity (Wildman–Crippen MR) is 87.8 cm³/mol. The summed E-state index contributed by atoms with van der Waals surface area (Å²) in [7, 11) is -1.29. The zero-order valence-corrected chi connectivity index (χ0v) is 13.5. The molecule has 0 fully saturated rings. The van der Waals surface area contributed by atoms with Crippen LogP contribution < -0.4 is 10.5 Å². The third kappa shape index (κ3) is 4.89. The summed E-state index contributed by atoms with van der Waals surface area (Å²) in [4.78, 5) is 10.7. The van der Waals surface area contributed by atoms with Crippen LogP contribution >= 0.6 is 0 Å². The molecule has 0 aliphatic rings. The van der Waals surface area contributed by atoms with E-state index in [1.54, 1.807) is 43.3 Å². The van der Waals surface area contributed by atoms with Gasteiger partial charge in [0.05, 0.1) is 5.25 Å². The van der Waals surface area contributed by atoms with E-state index in [0.29, 0.717) is 11.3 Å². The summed E-state index contributed by atoms with van der Waals surface area (Å²) in [5.74, 6) is -0.167. The molecular weight excluding hydrogens is 317 g/mol. The average molecular weight is 335 g/mol. The van der Waals surface area contributed by atoms with Crippen molar-refractivity contribution in [2.45, 2.75) is 17.9 Å². The van der Waals surface area contributed by atoms with Gasteiger partial charge in [0.1, 0.15) is 11.6 Å². The summed E-state index contributed by atoms with van der Waals surface area (Å²) >= 11 is 0. The molecule has 0 heterocycles. The second-order valence-corrected chi connectivity index (χ2v) is 6.85. The molecule has 0 saturated carbocycles. The first-order chi connectivity index (χ1) is 11.0. The second kappa shape index (κ2) is 7.87. The number of carbonyl (C=O) groups excluding carboxylic acids is 1. The lowest BCUT2D eigenvalue weighted by atomic mass is 10.1. The highest BCUT2D eigenvalue weighted by Crippen LogP contribution is 2.25. The molecule has 0 spiro atoms. The summed E-state index contributed by atoms with van der Waals surface area (Å²) in [5, 5.41) is -0.425. The Morgan fingerprint density at radius 1 is 1.26 bits per heavy atom. The molecule has 2 aromatic rings. The van der Waals surface area contributed by atoms with Crippen LogP contribution in [0.2, 0.25) is 0 Å². The number of nitrogens with two attached hydrogens (primary N) is 1. The first-order valence-corrected chi connectivity index (χ1v) is 8.47. The zero-order valence-electron chi connectivity index (χ0n) is 12.7. The largest absolute Gasteiger partial charge is 0.484 e. The van der Waals surface area contributed by atoms with Gasteiger partial charge in [-0.2, -0.15) is 0 Å². The predicted octanol–water partition coefficient (Wildman–Crippen LogP) is 2.70. The van der Waals surface area contributed by atoms with Gasteiger partial charge in [0, 0.05) is 22.1 Å². The Balaban J connectivity index is 2.06. The molecule has 4 nitrogen and oxygen atoms in total. The molecule has 0 unspecified atom stereocenters. The van der Waals surface area contributed by atoms with Gasteiger partial charge in [-0.1, -0.05) is 30.3 Å². The molecule has 0 aromatic heterocycles. The lowest BCUT2D eigenvalue weighted by molar-refractivity contribution is -0.119. The van der Waals surface area contributed by atoms with Gasteiger partial charge >= 0.3 is 0 Å². The molecule has 1 amide bonds. The third-order valence-electron chi connectivity index (χ3n) is 3.33. The second-order valence-electron chi connectivity index (χ2n) is 5.09. The molecule has 0 aliphatic heterocycles. The Kier molecular flexibility index (Phi) is 5.87. The van der Waals surface area contributed by atoms with Gasteiger partial charge in [0.2, 0.25) is 0 Å². The fourth-order valence-electron chi connectivity index (χ4n) is 2.12. The summed E-state index contributed by atoms with van der Waals surface area (Å²) in [6.07, 6.45) is 0. The van der Waals surface area contributed by atoms with Gasteiger partial charge < -0.3 is 10.5 Å². The monoisotopic (exact) mass is 335 g/mol. The molecule has 122 valence electrons. The van der Waals surface area contributed by atoms with E-state index in [1.807, 2.05) is 6.07 Å². The molecule has 0 radical (unpaired) electrons. The van der Waals surface area contributed by atoms with Crippen molar-refractivity contribution in [3.63, 3.8) is 0 Å². The van der Waals surface area contributed by atoms with Crippen molar-refractivity contribution < 1.29 is 18.1 Å². The van der Waals surface area contributed by atoms with Crippen LogP contribution in [0.3, 0.4) is 0 Å². The molecule has 2 rings (SSSR count). The number of rotatable bonds is 7. The SMILES string of the molecule is C[C@H](c1ccccc1F)[S@](=O)Cc1cccc(OCC(N)=O)c1. The van der Waals surface area contributed by atoms with Crippen LogP contribution in [0.5, 0.6) is 5.75 Å². The van der Waals surface area contributed by atoms with Crippen molar-refractivity contribution in [1.29, 1.82) is 0 Å². The van der Waals surface area contributed by atoms with E-state index in [0.717, 1.165) is 5.56 Å². The van der Waals surface area contributed by atoms with Gasteiger partial charge in [0.25, 0.3) is 5.91 Å². The van der Waals surface area contributed by atoms with E-state index < -0.39 is 22.0 Å². The number of amides is 1. The number of benzene rings is 2. The summed E-state index contributed by atoms with van der Waals surface area (Å²) in [6.45, 7) is 1.53. The van der Waals surface area contributed by atoms with Crippen LogP contribution in [0.25, 0.3) is 0 Å². The summed E-state index contributed by atoms with van der Waals surface area (Å²) in [5.41, 5.74) is 6.25. The maximum atomic E-state index is 13.8. The van der Waals surface area contributed by atoms with Crippen molar-refractivity contribution in [3.8, 4) is 5.75 Å². The molecule has 0 bridgehead atoms. The van der Waals surface area contributed by atoms with Crippen molar-refractivity contribution >= 4 is 16.7 Å². The van der Waals surface area contributed by atoms with Crippen molar-refractivity contribution in [1.82, 2.24) is 0 Å². The Morgan fingerprint density at radius 3 is 2.70 bits per heavy atom. The Morgan fingerprint density at radius 2 is 2.00 bits per heavy atom.